The molecule has 1 aliphatic rings. The van der Waals surface area contributed by atoms with Gasteiger partial charge in [0.15, 0.2) is 0 Å². The molecule has 5 heteroatoms. The molecular formula is C15H26N4O. The molecule has 1 aliphatic heterocycles. The minimum absolute atomic E-state index is 0.551. The minimum Gasteiger partial charge on any atom is -0.389 e. The van der Waals surface area contributed by atoms with Crippen LogP contribution in [-0.2, 0) is 6.54 Å². The molecule has 0 radical (unpaired) electrons. The quantitative estimate of drug-likeness (QED) is 0.850. The Kier molecular flexibility index (Phi) is 4.62. The van der Waals surface area contributed by atoms with Crippen LogP contribution in [0.2, 0.25) is 0 Å². The molecule has 5 nitrogen and oxygen atoms in total. The first-order chi connectivity index (χ1) is 9.37. The standard InChI is InChI=1S/C15H26N4O/c1-12-8-13(10-16)9-14(17-12)19-6-4-18(5-7-19)11-15(2,3)20/h8-9,20H,4-7,10-11,16H2,1-3H3. The molecular weight excluding hydrogens is 252 g/mol. The second kappa shape index (κ2) is 6.08. The largest absolute Gasteiger partial charge is 0.389 e. The molecule has 0 aromatic carbocycles. The molecule has 1 saturated heterocycles. The van der Waals surface area contributed by atoms with Crippen LogP contribution < -0.4 is 10.6 Å². The third kappa shape index (κ3) is 4.16. The summed E-state index contributed by atoms with van der Waals surface area (Å²) in [6.45, 7) is 10.8. The van der Waals surface area contributed by atoms with E-state index in [2.05, 4.69) is 20.9 Å². The zero-order valence-electron chi connectivity index (χ0n) is 12.8. The summed E-state index contributed by atoms with van der Waals surface area (Å²) >= 11 is 0. The van der Waals surface area contributed by atoms with Crippen LogP contribution >= 0.6 is 0 Å². The normalized spacial score (nSPS) is 17.6. The Bertz CT molecular complexity index is 448. The third-order valence-corrected chi connectivity index (χ3v) is 3.54. The van der Waals surface area contributed by atoms with Crippen LogP contribution in [0.3, 0.4) is 0 Å². The van der Waals surface area contributed by atoms with Crippen LogP contribution in [-0.4, -0.2) is 53.3 Å². The lowest BCUT2D eigenvalue weighted by atomic mass is 10.1. The van der Waals surface area contributed by atoms with Crippen molar-refractivity contribution in [2.24, 2.45) is 5.73 Å². The van der Waals surface area contributed by atoms with Crippen LogP contribution in [0.4, 0.5) is 5.82 Å². The van der Waals surface area contributed by atoms with Gasteiger partial charge in [-0.05, 0) is 38.5 Å². The number of rotatable bonds is 4. The first-order valence-electron chi connectivity index (χ1n) is 7.25. The fourth-order valence-corrected chi connectivity index (χ4v) is 2.68. The maximum Gasteiger partial charge on any atom is 0.129 e. The second-order valence-electron chi connectivity index (χ2n) is 6.25. The predicted octanol–water partition coefficient (Wildman–Crippen LogP) is 0.742. The van der Waals surface area contributed by atoms with E-state index >= 15 is 0 Å². The average Bonchev–Trinajstić information content (AvgIpc) is 2.37. The molecule has 1 aromatic heterocycles. The van der Waals surface area contributed by atoms with Gasteiger partial charge in [0, 0.05) is 45.0 Å². The highest BCUT2D eigenvalue weighted by atomic mass is 16.3. The van der Waals surface area contributed by atoms with E-state index in [0.29, 0.717) is 6.54 Å². The van der Waals surface area contributed by atoms with Crippen molar-refractivity contribution < 1.29 is 5.11 Å². The highest BCUT2D eigenvalue weighted by Gasteiger charge is 2.23. The Morgan fingerprint density at radius 2 is 1.90 bits per heavy atom. The number of aliphatic hydroxyl groups is 1. The third-order valence-electron chi connectivity index (χ3n) is 3.54. The van der Waals surface area contributed by atoms with Crippen molar-refractivity contribution >= 4 is 5.82 Å². The fraction of sp³-hybridized carbons (Fsp3) is 0.667. The summed E-state index contributed by atoms with van der Waals surface area (Å²) in [5.41, 5.74) is 7.24. The van der Waals surface area contributed by atoms with Gasteiger partial charge in [-0.3, -0.25) is 4.90 Å². The number of aryl methyl sites for hydroxylation is 1. The van der Waals surface area contributed by atoms with Crippen molar-refractivity contribution in [3.63, 3.8) is 0 Å². The number of piperazine rings is 1. The number of pyridine rings is 1. The highest BCUT2D eigenvalue weighted by molar-refractivity contribution is 5.43. The maximum atomic E-state index is 9.88. The predicted molar refractivity (Wildman–Crippen MR) is 81.8 cm³/mol. The van der Waals surface area contributed by atoms with Crippen molar-refractivity contribution in [2.45, 2.75) is 32.9 Å². The van der Waals surface area contributed by atoms with E-state index in [1.165, 1.54) is 0 Å². The maximum absolute atomic E-state index is 9.88. The van der Waals surface area contributed by atoms with E-state index in [1.54, 1.807) is 0 Å². The summed E-state index contributed by atoms with van der Waals surface area (Å²) in [6.07, 6.45) is 0. The van der Waals surface area contributed by atoms with E-state index < -0.39 is 5.60 Å². The van der Waals surface area contributed by atoms with Gasteiger partial charge >= 0.3 is 0 Å². The Hall–Kier alpha value is -1.17. The molecule has 0 saturated carbocycles. The Balaban J connectivity index is 1.98. The lowest BCUT2D eigenvalue weighted by Crippen LogP contribution is -2.50. The number of anilines is 1. The topological polar surface area (TPSA) is 65.6 Å². The van der Waals surface area contributed by atoms with Crippen LogP contribution in [0.25, 0.3) is 0 Å². The van der Waals surface area contributed by atoms with Crippen LogP contribution in [0, 0.1) is 6.92 Å². The lowest BCUT2D eigenvalue weighted by molar-refractivity contribution is 0.0344. The van der Waals surface area contributed by atoms with Gasteiger partial charge in [-0.15, -0.1) is 0 Å². The van der Waals surface area contributed by atoms with Crippen LogP contribution in [0.5, 0.6) is 0 Å². The molecule has 1 fully saturated rings. The molecule has 112 valence electrons. The monoisotopic (exact) mass is 278 g/mol. The van der Waals surface area contributed by atoms with Gasteiger partial charge in [0.2, 0.25) is 0 Å². The Morgan fingerprint density at radius 1 is 1.25 bits per heavy atom. The molecule has 3 N–H and O–H groups in total. The van der Waals surface area contributed by atoms with Gasteiger partial charge in [-0.1, -0.05) is 0 Å². The average molecular weight is 278 g/mol. The first kappa shape index (κ1) is 15.2. The zero-order chi connectivity index (χ0) is 14.8. The highest BCUT2D eigenvalue weighted by Crippen LogP contribution is 2.17. The summed E-state index contributed by atoms with van der Waals surface area (Å²) < 4.78 is 0. The van der Waals surface area contributed by atoms with Gasteiger partial charge in [0.05, 0.1) is 5.60 Å². The number of hydrogen-bond donors (Lipinski definition) is 2. The summed E-state index contributed by atoms with van der Waals surface area (Å²) in [7, 11) is 0. The van der Waals surface area contributed by atoms with Gasteiger partial charge in [0.25, 0.3) is 0 Å². The molecule has 0 amide bonds. The number of β-amino-alcohol motifs (C(OH)–C–C–N with tert-alkyl or cyclic N) is 1. The summed E-state index contributed by atoms with van der Waals surface area (Å²) in [5, 5.41) is 9.88. The lowest BCUT2D eigenvalue weighted by Gasteiger charge is -2.38. The zero-order valence-corrected chi connectivity index (χ0v) is 12.8. The Labute approximate surface area is 121 Å². The van der Waals surface area contributed by atoms with E-state index in [-0.39, 0.29) is 0 Å². The Morgan fingerprint density at radius 3 is 2.45 bits per heavy atom. The van der Waals surface area contributed by atoms with E-state index in [9.17, 15) is 5.11 Å². The van der Waals surface area contributed by atoms with Gasteiger partial charge in [0.1, 0.15) is 5.82 Å². The molecule has 20 heavy (non-hydrogen) atoms. The fourth-order valence-electron chi connectivity index (χ4n) is 2.68. The number of nitrogens with zero attached hydrogens (tertiary/aromatic N) is 3. The smallest absolute Gasteiger partial charge is 0.129 e. The van der Waals surface area contributed by atoms with Crippen molar-refractivity contribution in [1.82, 2.24) is 9.88 Å². The van der Waals surface area contributed by atoms with Gasteiger partial charge in [-0.25, -0.2) is 4.98 Å². The van der Waals surface area contributed by atoms with Crippen molar-refractivity contribution in [3.05, 3.63) is 23.4 Å². The summed E-state index contributed by atoms with van der Waals surface area (Å²) in [5.74, 6) is 1.02. The van der Waals surface area contributed by atoms with E-state index in [1.807, 2.05) is 26.8 Å². The summed E-state index contributed by atoms with van der Waals surface area (Å²) in [6, 6.07) is 4.12. The number of aromatic nitrogens is 1. The molecule has 0 spiro atoms. The molecule has 2 rings (SSSR count). The number of hydrogen-bond acceptors (Lipinski definition) is 5. The van der Waals surface area contributed by atoms with Crippen LogP contribution in [0.1, 0.15) is 25.1 Å². The van der Waals surface area contributed by atoms with Crippen molar-refractivity contribution in [3.8, 4) is 0 Å². The van der Waals surface area contributed by atoms with Crippen molar-refractivity contribution in [2.75, 3.05) is 37.6 Å². The molecule has 0 aliphatic carbocycles. The first-order valence-corrected chi connectivity index (χ1v) is 7.25. The molecule has 0 bridgehead atoms. The molecule has 1 aromatic rings. The van der Waals surface area contributed by atoms with E-state index in [4.69, 9.17) is 5.73 Å². The van der Waals surface area contributed by atoms with E-state index in [0.717, 1.165) is 49.8 Å². The minimum atomic E-state index is -0.628. The molecule has 2 heterocycles. The molecule has 0 unspecified atom stereocenters. The SMILES string of the molecule is Cc1cc(CN)cc(N2CCN(CC(C)(C)O)CC2)n1. The summed E-state index contributed by atoms with van der Waals surface area (Å²) in [4.78, 5) is 9.21. The molecule has 0 atom stereocenters. The van der Waals surface area contributed by atoms with Crippen molar-refractivity contribution in [1.29, 1.82) is 0 Å². The van der Waals surface area contributed by atoms with Gasteiger partial charge < -0.3 is 15.7 Å². The van der Waals surface area contributed by atoms with Crippen LogP contribution in [0.15, 0.2) is 12.1 Å². The number of nitrogens with two attached hydrogens (primary N) is 1. The second-order valence-corrected chi connectivity index (χ2v) is 6.25. The van der Waals surface area contributed by atoms with Gasteiger partial charge in [-0.2, -0.15) is 0 Å².